The standard InChI is InChI=1S/C9H6ClNO2/c1-6-2-3-7(5-11)4-8(6)13-9(10)12/h2-4H,1H3. The van der Waals surface area contributed by atoms with E-state index < -0.39 is 5.43 Å². The summed E-state index contributed by atoms with van der Waals surface area (Å²) in [6, 6.07) is 6.73. The van der Waals surface area contributed by atoms with Crippen LogP contribution in [0.25, 0.3) is 0 Å². The lowest BCUT2D eigenvalue weighted by atomic mass is 10.1. The summed E-state index contributed by atoms with van der Waals surface area (Å²) in [6.07, 6.45) is 0. The molecule has 4 heteroatoms. The van der Waals surface area contributed by atoms with Crippen molar-refractivity contribution in [2.24, 2.45) is 0 Å². The molecule has 0 spiro atoms. The summed E-state index contributed by atoms with van der Waals surface area (Å²) in [5, 5.41) is 8.56. The molecule has 0 unspecified atom stereocenters. The highest BCUT2D eigenvalue weighted by Gasteiger charge is 2.04. The molecule has 1 rings (SSSR count). The van der Waals surface area contributed by atoms with Crippen LogP contribution in [0, 0.1) is 18.3 Å². The van der Waals surface area contributed by atoms with Crippen LogP contribution in [-0.2, 0) is 0 Å². The molecule has 0 saturated carbocycles. The van der Waals surface area contributed by atoms with Crippen molar-refractivity contribution in [2.45, 2.75) is 6.92 Å². The average Bonchev–Trinajstić information content (AvgIpc) is 2.08. The predicted molar refractivity (Wildman–Crippen MR) is 47.8 cm³/mol. The van der Waals surface area contributed by atoms with Crippen molar-refractivity contribution in [1.82, 2.24) is 0 Å². The van der Waals surface area contributed by atoms with Gasteiger partial charge in [-0.25, -0.2) is 4.79 Å². The lowest BCUT2D eigenvalue weighted by molar-refractivity contribution is 0.225. The van der Waals surface area contributed by atoms with Gasteiger partial charge in [-0.1, -0.05) is 6.07 Å². The number of benzene rings is 1. The SMILES string of the molecule is Cc1ccc(C#N)cc1OC(=O)Cl. The number of hydrogen-bond acceptors (Lipinski definition) is 3. The number of nitriles is 1. The van der Waals surface area contributed by atoms with Gasteiger partial charge in [0.05, 0.1) is 11.6 Å². The Balaban J connectivity index is 3.05. The molecule has 0 heterocycles. The first kappa shape index (κ1) is 9.56. The van der Waals surface area contributed by atoms with E-state index in [0.29, 0.717) is 11.3 Å². The van der Waals surface area contributed by atoms with Crippen molar-refractivity contribution in [3.05, 3.63) is 29.3 Å². The fourth-order valence-electron chi connectivity index (χ4n) is 0.866. The third-order valence-electron chi connectivity index (χ3n) is 1.51. The first-order valence-electron chi connectivity index (χ1n) is 3.51. The zero-order chi connectivity index (χ0) is 9.84. The van der Waals surface area contributed by atoms with E-state index in [-0.39, 0.29) is 0 Å². The molecule has 66 valence electrons. The van der Waals surface area contributed by atoms with Crippen LogP contribution in [-0.4, -0.2) is 5.43 Å². The summed E-state index contributed by atoms with van der Waals surface area (Å²) in [4.78, 5) is 10.4. The number of carbonyl (C=O) groups excluding carboxylic acids is 1. The molecule has 0 atom stereocenters. The zero-order valence-corrected chi connectivity index (χ0v) is 7.63. The summed E-state index contributed by atoms with van der Waals surface area (Å²) in [5.41, 5.74) is 0.282. The van der Waals surface area contributed by atoms with Crippen LogP contribution in [0.2, 0.25) is 0 Å². The van der Waals surface area contributed by atoms with Crippen LogP contribution in [0.3, 0.4) is 0 Å². The Morgan fingerprint density at radius 3 is 2.85 bits per heavy atom. The quantitative estimate of drug-likeness (QED) is 0.648. The number of rotatable bonds is 1. The molecule has 0 radical (unpaired) electrons. The van der Waals surface area contributed by atoms with Crippen molar-refractivity contribution >= 4 is 17.0 Å². The maximum absolute atomic E-state index is 10.4. The molecular formula is C9H6ClNO2. The molecule has 0 amide bonds. The van der Waals surface area contributed by atoms with Gasteiger partial charge in [-0.05, 0) is 24.6 Å². The van der Waals surface area contributed by atoms with Gasteiger partial charge < -0.3 is 4.74 Å². The van der Waals surface area contributed by atoms with E-state index in [0.717, 1.165) is 5.56 Å². The second-order valence-corrected chi connectivity index (χ2v) is 2.74. The van der Waals surface area contributed by atoms with Crippen LogP contribution in [0.4, 0.5) is 4.79 Å². The van der Waals surface area contributed by atoms with E-state index in [9.17, 15) is 4.79 Å². The van der Waals surface area contributed by atoms with E-state index >= 15 is 0 Å². The number of halogens is 1. The van der Waals surface area contributed by atoms with E-state index in [4.69, 9.17) is 16.9 Å². The van der Waals surface area contributed by atoms with Gasteiger partial charge >= 0.3 is 5.43 Å². The number of nitrogens with zero attached hydrogens (tertiary/aromatic N) is 1. The summed E-state index contributed by atoms with van der Waals surface area (Å²) >= 11 is 5.04. The molecule has 1 aromatic rings. The lowest BCUT2D eigenvalue weighted by Gasteiger charge is -2.03. The number of aryl methyl sites for hydroxylation is 1. The van der Waals surface area contributed by atoms with Gasteiger partial charge in [0.1, 0.15) is 5.75 Å². The van der Waals surface area contributed by atoms with Crippen molar-refractivity contribution in [3.63, 3.8) is 0 Å². The Morgan fingerprint density at radius 2 is 2.31 bits per heavy atom. The summed E-state index contributed by atoms with van der Waals surface area (Å²) in [5.74, 6) is 0.319. The smallest absolute Gasteiger partial charge is 0.409 e. The van der Waals surface area contributed by atoms with Crippen molar-refractivity contribution in [1.29, 1.82) is 5.26 Å². The third-order valence-corrected chi connectivity index (χ3v) is 1.58. The molecule has 1 aromatic carbocycles. The molecule has 0 N–H and O–H groups in total. The minimum absolute atomic E-state index is 0.319. The van der Waals surface area contributed by atoms with E-state index in [1.54, 1.807) is 19.1 Å². The van der Waals surface area contributed by atoms with Crippen LogP contribution in [0.1, 0.15) is 11.1 Å². The van der Waals surface area contributed by atoms with E-state index in [1.165, 1.54) is 6.07 Å². The third kappa shape index (κ3) is 2.46. The molecule has 0 saturated heterocycles. The fourth-order valence-corrected chi connectivity index (χ4v) is 0.949. The first-order chi connectivity index (χ1) is 6.13. The predicted octanol–water partition coefficient (Wildman–Crippen LogP) is 2.60. The van der Waals surface area contributed by atoms with Crippen molar-refractivity contribution in [3.8, 4) is 11.8 Å². The number of carbonyl (C=O) groups is 1. The summed E-state index contributed by atoms with van der Waals surface area (Å²) in [7, 11) is 0. The molecule has 0 aliphatic carbocycles. The lowest BCUT2D eigenvalue weighted by Crippen LogP contribution is -1.98. The average molecular weight is 196 g/mol. The summed E-state index contributed by atoms with van der Waals surface area (Å²) in [6.45, 7) is 1.76. The molecule has 0 aliphatic rings. The van der Waals surface area contributed by atoms with Gasteiger partial charge in [-0.15, -0.1) is 0 Å². The van der Waals surface area contributed by atoms with E-state index in [2.05, 4.69) is 4.74 Å². The van der Waals surface area contributed by atoms with Crippen molar-refractivity contribution in [2.75, 3.05) is 0 Å². The Bertz CT molecular complexity index is 382. The molecule has 0 bridgehead atoms. The normalized spacial score (nSPS) is 9.00. The largest absolute Gasteiger partial charge is 0.414 e. The minimum atomic E-state index is -0.904. The van der Waals surface area contributed by atoms with Gasteiger partial charge in [-0.3, -0.25) is 0 Å². The maximum Gasteiger partial charge on any atom is 0.409 e. The van der Waals surface area contributed by atoms with Gasteiger partial charge in [0.2, 0.25) is 0 Å². The zero-order valence-electron chi connectivity index (χ0n) is 6.87. The minimum Gasteiger partial charge on any atom is -0.414 e. The van der Waals surface area contributed by atoms with Gasteiger partial charge in [0.15, 0.2) is 0 Å². The molecule has 0 fully saturated rings. The van der Waals surface area contributed by atoms with Gasteiger partial charge in [0.25, 0.3) is 0 Å². The highest BCUT2D eigenvalue weighted by molar-refractivity contribution is 6.61. The maximum atomic E-state index is 10.4. The Labute approximate surface area is 80.5 Å². The topological polar surface area (TPSA) is 50.1 Å². The first-order valence-corrected chi connectivity index (χ1v) is 3.89. The Kier molecular flexibility index (Phi) is 2.88. The molecule has 3 nitrogen and oxygen atoms in total. The van der Waals surface area contributed by atoms with Crippen LogP contribution < -0.4 is 4.74 Å². The monoisotopic (exact) mass is 195 g/mol. The molecule has 13 heavy (non-hydrogen) atoms. The van der Waals surface area contributed by atoms with Crippen molar-refractivity contribution < 1.29 is 9.53 Å². The number of ether oxygens (including phenoxy) is 1. The van der Waals surface area contributed by atoms with Crippen LogP contribution in [0.15, 0.2) is 18.2 Å². The molecule has 0 aromatic heterocycles. The second-order valence-electron chi connectivity index (χ2n) is 2.43. The van der Waals surface area contributed by atoms with Crippen LogP contribution >= 0.6 is 11.6 Å². The van der Waals surface area contributed by atoms with Gasteiger partial charge in [0, 0.05) is 11.6 Å². The highest BCUT2D eigenvalue weighted by atomic mass is 35.5. The van der Waals surface area contributed by atoms with Gasteiger partial charge in [-0.2, -0.15) is 5.26 Å². The highest BCUT2D eigenvalue weighted by Crippen LogP contribution is 2.19. The Hall–Kier alpha value is -1.53. The number of hydrogen-bond donors (Lipinski definition) is 0. The van der Waals surface area contributed by atoms with E-state index in [1.807, 2.05) is 6.07 Å². The fraction of sp³-hybridized carbons (Fsp3) is 0.111. The summed E-state index contributed by atoms with van der Waals surface area (Å²) < 4.78 is 4.66. The van der Waals surface area contributed by atoms with Crippen LogP contribution in [0.5, 0.6) is 5.75 Å². The Morgan fingerprint density at radius 1 is 1.62 bits per heavy atom. The molecule has 0 aliphatic heterocycles. The molecular weight excluding hydrogens is 190 g/mol. The second kappa shape index (κ2) is 3.92.